The van der Waals surface area contributed by atoms with E-state index in [-0.39, 0.29) is 12.0 Å². The average molecular weight is 268 g/mol. The van der Waals surface area contributed by atoms with Gasteiger partial charge in [0.2, 0.25) is 0 Å². The third-order valence-corrected chi connectivity index (χ3v) is 3.44. The minimum Gasteiger partial charge on any atom is -0.466 e. The van der Waals surface area contributed by atoms with Crippen LogP contribution in [0.1, 0.15) is 36.9 Å². The van der Waals surface area contributed by atoms with E-state index >= 15 is 0 Å². The highest BCUT2D eigenvalue weighted by molar-refractivity contribution is 6.30. The van der Waals surface area contributed by atoms with Crippen molar-refractivity contribution in [2.45, 2.75) is 32.2 Å². The van der Waals surface area contributed by atoms with Crippen molar-refractivity contribution in [2.75, 3.05) is 13.2 Å². The summed E-state index contributed by atoms with van der Waals surface area (Å²) in [5.74, 6) is -0.125. The molecule has 2 rings (SSSR count). The fraction of sp³-hybridized carbons (Fsp3) is 0.500. The minimum atomic E-state index is -0.125. The molecule has 0 amide bonds. The molecule has 0 spiro atoms. The Kier molecular flexibility index (Phi) is 4.61. The van der Waals surface area contributed by atoms with E-state index in [1.807, 2.05) is 19.1 Å². The number of fused-ring (bicyclic) bond motifs is 1. The molecule has 3 nitrogen and oxygen atoms in total. The van der Waals surface area contributed by atoms with Gasteiger partial charge in [-0.3, -0.25) is 4.79 Å². The molecule has 98 valence electrons. The van der Waals surface area contributed by atoms with Crippen molar-refractivity contribution in [1.82, 2.24) is 5.32 Å². The van der Waals surface area contributed by atoms with Gasteiger partial charge >= 0.3 is 5.97 Å². The zero-order valence-electron chi connectivity index (χ0n) is 10.5. The van der Waals surface area contributed by atoms with Crippen LogP contribution >= 0.6 is 11.6 Å². The van der Waals surface area contributed by atoms with Crippen LogP contribution in [0.4, 0.5) is 0 Å². The van der Waals surface area contributed by atoms with Gasteiger partial charge in [-0.1, -0.05) is 17.7 Å². The van der Waals surface area contributed by atoms with E-state index in [0.717, 1.165) is 24.4 Å². The first-order chi connectivity index (χ1) is 8.70. The number of esters is 1. The van der Waals surface area contributed by atoms with E-state index in [1.165, 1.54) is 11.1 Å². The third-order valence-electron chi connectivity index (χ3n) is 3.21. The number of nitrogens with one attached hydrogen (secondary N) is 1. The van der Waals surface area contributed by atoms with Crippen LogP contribution in [0, 0.1) is 0 Å². The SMILES string of the molecule is CCOC(=O)CC[C@@H]1NCCc2cc(Cl)ccc21. The van der Waals surface area contributed by atoms with Crippen LogP contribution in [0.2, 0.25) is 5.02 Å². The lowest BCUT2D eigenvalue weighted by Crippen LogP contribution is -2.30. The first-order valence-electron chi connectivity index (χ1n) is 6.38. The second-order valence-electron chi connectivity index (χ2n) is 4.44. The summed E-state index contributed by atoms with van der Waals surface area (Å²) < 4.78 is 4.95. The van der Waals surface area contributed by atoms with Crippen LogP contribution < -0.4 is 5.32 Å². The van der Waals surface area contributed by atoms with E-state index in [1.54, 1.807) is 0 Å². The quantitative estimate of drug-likeness (QED) is 0.853. The van der Waals surface area contributed by atoms with Crippen molar-refractivity contribution in [1.29, 1.82) is 0 Å². The van der Waals surface area contributed by atoms with Crippen LogP contribution in [-0.2, 0) is 16.0 Å². The Morgan fingerprint density at radius 2 is 2.39 bits per heavy atom. The molecule has 1 N–H and O–H groups in total. The number of ether oxygens (including phenoxy) is 1. The monoisotopic (exact) mass is 267 g/mol. The molecular weight excluding hydrogens is 250 g/mol. The molecule has 0 saturated heterocycles. The Hall–Kier alpha value is -1.06. The number of carbonyl (C=O) groups excluding carboxylic acids is 1. The predicted molar refractivity (Wildman–Crippen MR) is 71.8 cm³/mol. The summed E-state index contributed by atoms with van der Waals surface area (Å²) in [6.45, 7) is 3.21. The number of hydrogen-bond acceptors (Lipinski definition) is 3. The maximum Gasteiger partial charge on any atom is 0.305 e. The van der Waals surface area contributed by atoms with Crippen LogP contribution in [0.3, 0.4) is 0 Å². The van der Waals surface area contributed by atoms with Crippen molar-refractivity contribution in [3.8, 4) is 0 Å². The number of benzene rings is 1. The smallest absolute Gasteiger partial charge is 0.305 e. The molecule has 1 aliphatic heterocycles. The van der Waals surface area contributed by atoms with Crippen LogP contribution in [0.15, 0.2) is 18.2 Å². The summed E-state index contributed by atoms with van der Waals surface area (Å²) in [5.41, 5.74) is 2.55. The van der Waals surface area contributed by atoms with Gasteiger partial charge in [0.1, 0.15) is 0 Å². The van der Waals surface area contributed by atoms with E-state index in [4.69, 9.17) is 16.3 Å². The Balaban J connectivity index is 2.01. The zero-order valence-corrected chi connectivity index (χ0v) is 11.3. The molecule has 0 radical (unpaired) electrons. The Morgan fingerprint density at radius 3 is 3.17 bits per heavy atom. The largest absolute Gasteiger partial charge is 0.466 e. The lowest BCUT2D eigenvalue weighted by molar-refractivity contribution is -0.143. The molecule has 0 aliphatic carbocycles. The van der Waals surface area contributed by atoms with Crippen molar-refractivity contribution in [3.63, 3.8) is 0 Å². The summed E-state index contributed by atoms with van der Waals surface area (Å²) in [6.07, 6.45) is 2.22. The van der Waals surface area contributed by atoms with Gasteiger partial charge in [0.05, 0.1) is 6.61 Å². The number of hydrogen-bond donors (Lipinski definition) is 1. The molecule has 18 heavy (non-hydrogen) atoms. The van der Waals surface area contributed by atoms with Crippen molar-refractivity contribution < 1.29 is 9.53 Å². The molecule has 1 atom stereocenters. The molecule has 0 saturated carbocycles. The van der Waals surface area contributed by atoms with Gasteiger partial charge in [0, 0.05) is 17.5 Å². The van der Waals surface area contributed by atoms with Crippen molar-refractivity contribution >= 4 is 17.6 Å². The second-order valence-corrected chi connectivity index (χ2v) is 4.88. The molecule has 1 aliphatic rings. The van der Waals surface area contributed by atoms with Crippen LogP contribution in [0.25, 0.3) is 0 Å². The molecule has 1 aromatic rings. The highest BCUT2D eigenvalue weighted by atomic mass is 35.5. The number of halogens is 1. The first-order valence-corrected chi connectivity index (χ1v) is 6.76. The summed E-state index contributed by atoms with van der Waals surface area (Å²) in [7, 11) is 0. The molecule has 1 heterocycles. The highest BCUT2D eigenvalue weighted by Crippen LogP contribution is 2.28. The summed E-state index contributed by atoms with van der Waals surface area (Å²) in [5, 5.41) is 4.22. The summed E-state index contributed by atoms with van der Waals surface area (Å²) >= 11 is 6.00. The third kappa shape index (κ3) is 3.24. The Bertz CT molecular complexity index is 434. The summed E-state index contributed by atoms with van der Waals surface area (Å²) in [6, 6.07) is 6.22. The van der Waals surface area contributed by atoms with Gasteiger partial charge in [-0.2, -0.15) is 0 Å². The topological polar surface area (TPSA) is 38.3 Å². The van der Waals surface area contributed by atoms with Gasteiger partial charge in [-0.15, -0.1) is 0 Å². The zero-order chi connectivity index (χ0) is 13.0. The predicted octanol–water partition coefficient (Wildman–Crippen LogP) is 2.87. The highest BCUT2D eigenvalue weighted by Gasteiger charge is 2.20. The van der Waals surface area contributed by atoms with E-state index in [0.29, 0.717) is 13.0 Å². The number of rotatable bonds is 4. The van der Waals surface area contributed by atoms with Crippen LogP contribution in [0.5, 0.6) is 0 Å². The number of carbonyl (C=O) groups is 1. The molecule has 0 aromatic heterocycles. The maximum atomic E-state index is 11.4. The van der Waals surface area contributed by atoms with Gasteiger partial charge in [-0.05, 0) is 49.6 Å². The molecule has 0 fully saturated rings. The lowest BCUT2D eigenvalue weighted by atomic mass is 9.92. The fourth-order valence-electron chi connectivity index (χ4n) is 2.37. The lowest BCUT2D eigenvalue weighted by Gasteiger charge is -2.27. The van der Waals surface area contributed by atoms with Gasteiger partial charge in [-0.25, -0.2) is 0 Å². The molecule has 0 unspecified atom stereocenters. The van der Waals surface area contributed by atoms with E-state index < -0.39 is 0 Å². The summed E-state index contributed by atoms with van der Waals surface area (Å²) in [4.78, 5) is 11.4. The average Bonchev–Trinajstić information content (AvgIpc) is 2.36. The van der Waals surface area contributed by atoms with Gasteiger partial charge in [0.15, 0.2) is 0 Å². The van der Waals surface area contributed by atoms with Gasteiger partial charge < -0.3 is 10.1 Å². The fourth-order valence-corrected chi connectivity index (χ4v) is 2.57. The molecular formula is C14H18ClNO2. The molecule has 1 aromatic carbocycles. The van der Waals surface area contributed by atoms with Crippen LogP contribution in [-0.4, -0.2) is 19.1 Å². The Morgan fingerprint density at radius 1 is 1.56 bits per heavy atom. The van der Waals surface area contributed by atoms with E-state index in [2.05, 4.69) is 11.4 Å². The molecule has 4 heteroatoms. The van der Waals surface area contributed by atoms with Crippen molar-refractivity contribution in [3.05, 3.63) is 34.3 Å². The first kappa shape index (κ1) is 13.4. The standard InChI is InChI=1S/C14H18ClNO2/c1-2-18-14(17)6-5-13-12-4-3-11(15)9-10(12)7-8-16-13/h3-4,9,13,16H,2,5-8H2,1H3/t13-/m0/s1. The minimum absolute atomic E-state index is 0.125. The maximum absolute atomic E-state index is 11.4. The Labute approximate surface area is 112 Å². The van der Waals surface area contributed by atoms with Crippen molar-refractivity contribution in [2.24, 2.45) is 0 Å². The second kappa shape index (κ2) is 6.21. The normalized spacial score (nSPS) is 18.2. The van der Waals surface area contributed by atoms with Gasteiger partial charge in [0.25, 0.3) is 0 Å². The van der Waals surface area contributed by atoms with E-state index in [9.17, 15) is 4.79 Å². The molecule has 0 bridgehead atoms.